The second-order valence-corrected chi connectivity index (χ2v) is 6.74. The van der Waals surface area contributed by atoms with Crippen LogP contribution in [0.2, 0.25) is 0 Å². The monoisotopic (exact) mass is 294 g/mol. The van der Waals surface area contributed by atoms with Gasteiger partial charge in [0.2, 0.25) is 5.91 Å². The molecule has 1 aromatic heterocycles. The van der Waals surface area contributed by atoms with Gasteiger partial charge in [-0.15, -0.1) is 0 Å². The van der Waals surface area contributed by atoms with Gasteiger partial charge in [0.15, 0.2) is 0 Å². The van der Waals surface area contributed by atoms with Gasteiger partial charge in [-0.05, 0) is 37.1 Å². The van der Waals surface area contributed by atoms with E-state index in [9.17, 15) is 4.79 Å². The summed E-state index contributed by atoms with van der Waals surface area (Å²) in [5.74, 6) is 0.525. The van der Waals surface area contributed by atoms with Crippen LogP contribution in [-0.4, -0.2) is 22.2 Å². The van der Waals surface area contributed by atoms with Crippen LogP contribution in [0.3, 0.4) is 0 Å². The van der Waals surface area contributed by atoms with Crippen LogP contribution in [0, 0.1) is 11.3 Å². The van der Waals surface area contributed by atoms with E-state index in [1.807, 2.05) is 20.2 Å². The van der Waals surface area contributed by atoms with Gasteiger partial charge in [-0.1, -0.05) is 27.7 Å². The Hall–Kier alpha value is -1.36. The fraction of sp³-hybridized carbons (Fsp3) is 0.750. The first-order valence-corrected chi connectivity index (χ1v) is 7.80. The van der Waals surface area contributed by atoms with Gasteiger partial charge in [-0.3, -0.25) is 9.48 Å². The Bertz CT molecular complexity index is 459. The van der Waals surface area contributed by atoms with E-state index >= 15 is 0 Å². The quantitative estimate of drug-likeness (QED) is 0.812. The summed E-state index contributed by atoms with van der Waals surface area (Å²) in [6, 6.07) is 0. The van der Waals surface area contributed by atoms with E-state index in [-0.39, 0.29) is 11.3 Å². The van der Waals surface area contributed by atoms with Gasteiger partial charge in [0.05, 0.1) is 11.4 Å². The second-order valence-electron chi connectivity index (χ2n) is 6.74. The zero-order valence-corrected chi connectivity index (χ0v) is 14.1. The van der Waals surface area contributed by atoms with Crippen molar-refractivity contribution < 1.29 is 4.79 Å². The van der Waals surface area contributed by atoms with Gasteiger partial charge < -0.3 is 11.1 Å². The summed E-state index contributed by atoms with van der Waals surface area (Å²) >= 11 is 0. The molecule has 0 fully saturated rings. The maximum Gasteiger partial charge on any atom is 0.224 e. The molecule has 1 unspecified atom stereocenters. The number of rotatable bonds is 7. The molecule has 1 rings (SSSR count). The van der Waals surface area contributed by atoms with Gasteiger partial charge in [0.25, 0.3) is 0 Å². The average Bonchev–Trinajstić information content (AvgIpc) is 2.73. The van der Waals surface area contributed by atoms with E-state index in [1.54, 1.807) is 4.68 Å². The number of nitrogens with two attached hydrogens (primary N) is 1. The third kappa shape index (κ3) is 5.50. The lowest BCUT2D eigenvalue weighted by molar-refractivity contribution is -0.116. The minimum Gasteiger partial charge on any atom is -0.330 e. The summed E-state index contributed by atoms with van der Waals surface area (Å²) in [6.45, 7) is 9.34. The third-order valence-electron chi connectivity index (χ3n) is 3.97. The molecule has 0 radical (unpaired) electrons. The first-order valence-electron chi connectivity index (χ1n) is 7.80. The Labute approximate surface area is 128 Å². The van der Waals surface area contributed by atoms with Crippen molar-refractivity contribution in [3.05, 3.63) is 11.9 Å². The van der Waals surface area contributed by atoms with Crippen molar-refractivity contribution in [2.75, 3.05) is 11.9 Å². The van der Waals surface area contributed by atoms with Crippen LogP contribution in [0.1, 0.15) is 52.7 Å². The molecule has 1 amide bonds. The molecule has 5 heteroatoms. The van der Waals surface area contributed by atoms with Crippen molar-refractivity contribution in [1.29, 1.82) is 0 Å². The summed E-state index contributed by atoms with van der Waals surface area (Å²) in [5.41, 5.74) is 7.63. The summed E-state index contributed by atoms with van der Waals surface area (Å²) in [4.78, 5) is 12.1. The van der Waals surface area contributed by atoms with Gasteiger partial charge in [0.1, 0.15) is 0 Å². The molecule has 1 heterocycles. The van der Waals surface area contributed by atoms with Crippen LogP contribution in [0.15, 0.2) is 6.20 Å². The van der Waals surface area contributed by atoms with Gasteiger partial charge >= 0.3 is 0 Å². The Morgan fingerprint density at radius 1 is 1.43 bits per heavy atom. The van der Waals surface area contributed by atoms with Crippen molar-refractivity contribution >= 4 is 11.6 Å². The number of nitrogens with one attached hydrogen (secondary N) is 1. The molecule has 3 N–H and O–H groups in total. The lowest BCUT2D eigenvalue weighted by Gasteiger charge is -2.30. The van der Waals surface area contributed by atoms with Crippen LogP contribution >= 0.6 is 0 Å². The molecule has 0 bridgehead atoms. The Kier molecular flexibility index (Phi) is 6.40. The predicted molar refractivity (Wildman–Crippen MR) is 87.1 cm³/mol. The lowest BCUT2D eigenvalue weighted by atomic mass is 9.76. The minimum absolute atomic E-state index is 0.0592. The molecule has 5 nitrogen and oxygen atoms in total. The molecular weight excluding hydrogens is 264 g/mol. The Balaban J connectivity index is 2.57. The average molecular weight is 294 g/mol. The zero-order chi connectivity index (χ0) is 16.0. The van der Waals surface area contributed by atoms with E-state index in [1.165, 1.54) is 0 Å². The maximum atomic E-state index is 12.1. The van der Waals surface area contributed by atoms with E-state index < -0.39 is 0 Å². The van der Waals surface area contributed by atoms with Crippen LogP contribution in [-0.2, 0) is 18.3 Å². The molecule has 0 saturated heterocycles. The van der Waals surface area contributed by atoms with Gasteiger partial charge in [-0.2, -0.15) is 5.10 Å². The SMILES string of the molecule is CCc1nn(C)cc1NC(=O)CCC(CCN)C(C)(C)C. The van der Waals surface area contributed by atoms with E-state index in [4.69, 9.17) is 5.73 Å². The highest BCUT2D eigenvalue weighted by molar-refractivity contribution is 5.91. The van der Waals surface area contributed by atoms with Crippen molar-refractivity contribution in [3.63, 3.8) is 0 Å². The maximum absolute atomic E-state index is 12.1. The molecule has 21 heavy (non-hydrogen) atoms. The smallest absolute Gasteiger partial charge is 0.224 e. The zero-order valence-electron chi connectivity index (χ0n) is 14.1. The topological polar surface area (TPSA) is 72.9 Å². The Morgan fingerprint density at radius 2 is 2.10 bits per heavy atom. The van der Waals surface area contributed by atoms with E-state index in [0.29, 0.717) is 18.9 Å². The van der Waals surface area contributed by atoms with E-state index in [2.05, 4.69) is 31.2 Å². The number of nitrogens with zero attached hydrogens (tertiary/aromatic N) is 2. The number of aromatic nitrogens is 2. The number of carbonyl (C=O) groups is 1. The summed E-state index contributed by atoms with van der Waals surface area (Å²) in [5, 5.41) is 7.31. The molecule has 120 valence electrons. The summed E-state index contributed by atoms with van der Waals surface area (Å²) in [7, 11) is 1.87. The van der Waals surface area contributed by atoms with Crippen molar-refractivity contribution in [3.8, 4) is 0 Å². The molecule has 0 spiro atoms. The van der Waals surface area contributed by atoms with Crippen LogP contribution in [0.5, 0.6) is 0 Å². The highest BCUT2D eigenvalue weighted by atomic mass is 16.1. The first kappa shape index (κ1) is 17.7. The molecular formula is C16H30N4O. The van der Waals surface area contributed by atoms with Gasteiger partial charge in [0, 0.05) is 19.7 Å². The molecule has 1 aromatic rings. The molecule has 0 aromatic carbocycles. The normalized spacial score (nSPS) is 13.2. The van der Waals surface area contributed by atoms with Crippen molar-refractivity contribution in [1.82, 2.24) is 9.78 Å². The van der Waals surface area contributed by atoms with E-state index in [0.717, 1.165) is 30.6 Å². The highest BCUT2D eigenvalue weighted by Crippen LogP contribution is 2.32. The number of aryl methyl sites for hydroxylation is 2. The van der Waals surface area contributed by atoms with Crippen molar-refractivity contribution in [2.45, 2.75) is 53.4 Å². The molecule has 1 atom stereocenters. The number of hydrogen-bond acceptors (Lipinski definition) is 3. The second kappa shape index (κ2) is 7.59. The summed E-state index contributed by atoms with van der Waals surface area (Å²) in [6.07, 6.45) is 5.03. The molecule has 0 saturated carbocycles. The Morgan fingerprint density at radius 3 is 2.62 bits per heavy atom. The fourth-order valence-electron chi connectivity index (χ4n) is 2.63. The summed E-state index contributed by atoms with van der Waals surface area (Å²) < 4.78 is 1.74. The fourth-order valence-corrected chi connectivity index (χ4v) is 2.63. The number of amides is 1. The third-order valence-corrected chi connectivity index (χ3v) is 3.97. The van der Waals surface area contributed by atoms with Crippen LogP contribution in [0.4, 0.5) is 5.69 Å². The molecule has 0 aliphatic rings. The van der Waals surface area contributed by atoms with Crippen LogP contribution < -0.4 is 11.1 Å². The standard InChI is InChI=1S/C16H30N4O/c1-6-13-14(11-20(5)19-13)18-15(21)8-7-12(9-10-17)16(2,3)4/h11-12H,6-10,17H2,1-5H3,(H,18,21). The first-order chi connectivity index (χ1) is 9.77. The number of carbonyl (C=O) groups excluding carboxylic acids is 1. The molecule has 0 aliphatic heterocycles. The minimum atomic E-state index is 0.0592. The lowest BCUT2D eigenvalue weighted by Crippen LogP contribution is -2.25. The number of anilines is 1. The highest BCUT2D eigenvalue weighted by Gasteiger charge is 2.24. The number of hydrogen-bond donors (Lipinski definition) is 2. The molecule has 0 aliphatic carbocycles. The van der Waals surface area contributed by atoms with Crippen LogP contribution in [0.25, 0.3) is 0 Å². The van der Waals surface area contributed by atoms with Gasteiger partial charge in [-0.25, -0.2) is 0 Å². The largest absolute Gasteiger partial charge is 0.330 e. The predicted octanol–water partition coefficient (Wildman–Crippen LogP) is 2.71. The van der Waals surface area contributed by atoms with Crippen molar-refractivity contribution in [2.24, 2.45) is 24.1 Å².